The van der Waals surface area contributed by atoms with Crippen LogP contribution in [0.25, 0.3) is 10.8 Å². The topological polar surface area (TPSA) is 105 Å². The lowest BCUT2D eigenvalue weighted by molar-refractivity contribution is 0.319. The van der Waals surface area contributed by atoms with E-state index in [-0.39, 0.29) is 10.6 Å². The first-order valence-electron chi connectivity index (χ1n) is 7.78. The molecule has 26 heavy (non-hydrogen) atoms. The van der Waals surface area contributed by atoms with E-state index < -0.39 is 16.4 Å². The maximum Gasteiger partial charge on any atom is 0.180 e. The second-order valence-corrected chi connectivity index (χ2v) is 8.20. The summed E-state index contributed by atoms with van der Waals surface area (Å²) in [7, 11) is -3.49. The Morgan fingerprint density at radius 3 is 2.38 bits per heavy atom. The highest BCUT2D eigenvalue weighted by atomic mass is 32.2. The quantitative estimate of drug-likeness (QED) is 0.351. The van der Waals surface area contributed by atoms with E-state index in [0.29, 0.717) is 17.1 Å². The van der Waals surface area contributed by atoms with Crippen molar-refractivity contribution in [1.82, 2.24) is 0 Å². The lowest BCUT2D eigenvalue weighted by Gasteiger charge is -2.06. The van der Waals surface area contributed by atoms with E-state index in [1.165, 1.54) is 12.1 Å². The van der Waals surface area contributed by atoms with E-state index >= 15 is 0 Å². The fourth-order valence-electron chi connectivity index (χ4n) is 2.52. The molecule has 0 radical (unpaired) electrons. The molecule has 3 N–H and O–H groups in total. The number of hydrogen-bond acceptors (Lipinski definition) is 7. The monoisotopic (exact) mass is 387 g/mol. The van der Waals surface area contributed by atoms with Crippen LogP contribution < -0.4 is 5.73 Å². The van der Waals surface area contributed by atoms with Crippen LogP contribution in [0.3, 0.4) is 0 Å². The molecule has 0 atom stereocenters. The third-order valence-electron chi connectivity index (χ3n) is 3.86. The average Bonchev–Trinajstić information content (AvgIpc) is 2.61. The maximum absolute atomic E-state index is 11.9. The predicted octanol–water partition coefficient (Wildman–Crippen LogP) is 3.89. The molecular formula is C18H17N3O3S2. The fraction of sp³-hybridized carbons (Fsp3) is 0.111. The van der Waals surface area contributed by atoms with E-state index in [2.05, 4.69) is 22.9 Å². The molecule has 8 heteroatoms. The number of hydrogen-bond donors (Lipinski definition) is 3. The molecule has 0 heterocycles. The Bertz CT molecular complexity index is 1080. The first-order chi connectivity index (χ1) is 12.4. The van der Waals surface area contributed by atoms with Gasteiger partial charge in [-0.15, -0.1) is 17.7 Å². The number of nitrogens with two attached hydrogens (primary N) is 1. The van der Waals surface area contributed by atoms with Crippen LogP contribution in [0.4, 0.5) is 17.1 Å². The number of benzene rings is 3. The van der Waals surface area contributed by atoms with Gasteiger partial charge in [-0.05, 0) is 41.8 Å². The number of aliphatic hydroxyl groups excluding tert-OH is 1. The fourth-order valence-corrected chi connectivity index (χ4v) is 3.83. The normalized spacial score (nSPS) is 12.1. The van der Waals surface area contributed by atoms with Gasteiger partial charge in [0.25, 0.3) is 0 Å². The van der Waals surface area contributed by atoms with Crippen LogP contribution in [0, 0.1) is 0 Å². The van der Waals surface area contributed by atoms with Crippen LogP contribution in [0.1, 0.15) is 0 Å². The summed E-state index contributed by atoms with van der Waals surface area (Å²) in [5, 5.41) is 19.0. The summed E-state index contributed by atoms with van der Waals surface area (Å²) in [5.74, 6) is -0.313. The van der Waals surface area contributed by atoms with Crippen molar-refractivity contribution in [2.24, 2.45) is 10.2 Å². The van der Waals surface area contributed by atoms with E-state index in [1.807, 2.05) is 24.3 Å². The molecule has 6 nitrogen and oxygen atoms in total. The van der Waals surface area contributed by atoms with Gasteiger partial charge in [-0.2, -0.15) is 5.11 Å². The van der Waals surface area contributed by atoms with Crippen molar-refractivity contribution in [2.75, 3.05) is 18.1 Å². The molecule has 0 fully saturated rings. The zero-order valence-corrected chi connectivity index (χ0v) is 15.4. The van der Waals surface area contributed by atoms with Gasteiger partial charge in [-0.1, -0.05) is 18.2 Å². The van der Waals surface area contributed by atoms with Gasteiger partial charge in [0.15, 0.2) is 9.84 Å². The minimum atomic E-state index is -3.49. The number of sulfone groups is 1. The number of fused-ring (bicyclic) bond motifs is 1. The Morgan fingerprint density at radius 1 is 0.962 bits per heavy atom. The van der Waals surface area contributed by atoms with Gasteiger partial charge in [0.2, 0.25) is 0 Å². The number of azo groups is 1. The molecule has 0 spiro atoms. The number of nitrogen functional groups attached to an aromatic ring is 1. The van der Waals surface area contributed by atoms with Crippen molar-refractivity contribution in [3.05, 3.63) is 54.6 Å². The summed E-state index contributed by atoms with van der Waals surface area (Å²) in [5.41, 5.74) is 7.55. The summed E-state index contributed by atoms with van der Waals surface area (Å²) in [4.78, 5) is 0.951. The molecule has 3 rings (SSSR count). The number of aliphatic hydroxyl groups is 1. The summed E-state index contributed by atoms with van der Waals surface area (Å²) < 4.78 is 23.8. The molecule has 134 valence electrons. The van der Waals surface area contributed by atoms with Crippen molar-refractivity contribution in [3.63, 3.8) is 0 Å². The molecule has 3 aromatic carbocycles. The van der Waals surface area contributed by atoms with Crippen molar-refractivity contribution in [3.8, 4) is 0 Å². The highest BCUT2D eigenvalue weighted by Crippen LogP contribution is 2.35. The molecule has 0 unspecified atom stereocenters. The van der Waals surface area contributed by atoms with E-state index in [4.69, 9.17) is 10.8 Å². The molecular weight excluding hydrogens is 370 g/mol. The second kappa shape index (κ2) is 7.45. The Labute approximate surface area is 156 Å². The third-order valence-corrected chi connectivity index (χ3v) is 5.96. The standard InChI is InChI=1S/C18H17N3O3S2/c19-16-9-8-14-15(2-1-3-17(14)25)18(16)21-20-12-4-6-13(7-5-12)26(23,24)11-10-22/h1-9,22,25H,10-11,19H2. The van der Waals surface area contributed by atoms with Gasteiger partial charge in [-0.25, -0.2) is 8.42 Å². The van der Waals surface area contributed by atoms with Gasteiger partial charge in [0.05, 0.1) is 28.6 Å². The summed E-state index contributed by atoms with van der Waals surface area (Å²) >= 11 is 4.44. The molecule has 0 aliphatic carbocycles. The molecule has 0 aromatic heterocycles. The van der Waals surface area contributed by atoms with Gasteiger partial charge in [0, 0.05) is 10.3 Å². The Kier molecular flexibility index (Phi) is 5.26. The maximum atomic E-state index is 11.9. The molecule has 0 bridgehead atoms. The Morgan fingerprint density at radius 2 is 1.69 bits per heavy atom. The summed E-state index contributed by atoms with van der Waals surface area (Å²) in [6.45, 7) is -0.419. The zero-order chi connectivity index (χ0) is 18.7. The Balaban J connectivity index is 1.95. The summed E-state index contributed by atoms with van der Waals surface area (Å²) in [6, 6.07) is 15.3. The van der Waals surface area contributed by atoms with Crippen molar-refractivity contribution in [1.29, 1.82) is 0 Å². The number of thiol groups is 1. The molecule has 0 saturated carbocycles. The minimum absolute atomic E-state index is 0.134. The van der Waals surface area contributed by atoms with Crippen LogP contribution in [-0.4, -0.2) is 25.9 Å². The molecule has 0 aliphatic rings. The minimum Gasteiger partial charge on any atom is -0.397 e. The summed E-state index contributed by atoms with van der Waals surface area (Å²) in [6.07, 6.45) is 0. The van der Waals surface area contributed by atoms with Gasteiger partial charge in [-0.3, -0.25) is 0 Å². The van der Waals surface area contributed by atoms with Crippen LogP contribution in [0.15, 0.2) is 74.6 Å². The first-order valence-corrected chi connectivity index (χ1v) is 9.88. The number of nitrogens with zero attached hydrogens (tertiary/aromatic N) is 2. The third kappa shape index (κ3) is 3.72. The van der Waals surface area contributed by atoms with Crippen LogP contribution in [-0.2, 0) is 9.84 Å². The number of rotatable bonds is 5. The van der Waals surface area contributed by atoms with Crippen LogP contribution in [0.2, 0.25) is 0 Å². The molecule has 0 amide bonds. The van der Waals surface area contributed by atoms with Gasteiger partial charge >= 0.3 is 0 Å². The molecule has 0 saturated heterocycles. The molecule has 3 aromatic rings. The second-order valence-electron chi connectivity index (χ2n) is 5.61. The first kappa shape index (κ1) is 18.4. The van der Waals surface area contributed by atoms with Crippen molar-refractivity contribution >= 4 is 50.3 Å². The zero-order valence-electron chi connectivity index (χ0n) is 13.7. The van der Waals surface area contributed by atoms with E-state index in [9.17, 15) is 8.42 Å². The van der Waals surface area contributed by atoms with Gasteiger partial charge in [0.1, 0.15) is 5.69 Å². The highest BCUT2D eigenvalue weighted by Gasteiger charge is 2.13. The Hall–Kier alpha value is -2.42. The number of anilines is 1. The lowest BCUT2D eigenvalue weighted by Crippen LogP contribution is -2.09. The molecule has 0 aliphatic heterocycles. The van der Waals surface area contributed by atoms with Crippen LogP contribution in [0.5, 0.6) is 0 Å². The van der Waals surface area contributed by atoms with E-state index in [0.717, 1.165) is 15.7 Å². The highest BCUT2D eigenvalue weighted by molar-refractivity contribution is 7.91. The lowest BCUT2D eigenvalue weighted by atomic mass is 10.1. The van der Waals surface area contributed by atoms with Crippen molar-refractivity contribution < 1.29 is 13.5 Å². The van der Waals surface area contributed by atoms with Crippen molar-refractivity contribution in [2.45, 2.75) is 9.79 Å². The average molecular weight is 387 g/mol. The largest absolute Gasteiger partial charge is 0.397 e. The SMILES string of the molecule is Nc1ccc2c(S)cccc2c1N=Nc1ccc(S(=O)(=O)CCO)cc1. The van der Waals surface area contributed by atoms with Gasteiger partial charge < -0.3 is 10.8 Å². The van der Waals surface area contributed by atoms with Crippen LogP contribution >= 0.6 is 12.6 Å². The smallest absolute Gasteiger partial charge is 0.180 e. The predicted molar refractivity (Wildman–Crippen MR) is 105 cm³/mol. The van der Waals surface area contributed by atoms with E-state index in [1.54, 1.807) is 18.2 Å².